The third kappa shape index (κ3) is 7.13. The number of anilines is 1. The first-order valence-corrected chi connectivity index (χ1v) is 12.5. The molecule has 2 saturated heterocycles. The average molecular weight is 488 g/mol. The van der Waals surface area contributed by atoms with Crippen LogP contribution < -0.4 is 10.4 Å². The van der Waals surface area contributed by atoms with Crippen molar-refractivity contribution in [3.05, 3.63) is 23.8 Å². The van der Waals surface area contributed by atoms with Crippen LogP contribution in [0.5, 0.6) is 0 Å². The maximum absolute atomic E-state index is 12.5. The summed E-state index contributed by atoms with van der Waals surface area (Å²) in [5.41, 5.74) is 1.81. The minimum absolute atomic E-state index is 0.264. The molecule has 1 amide bonds. The molecule has 1 aromatic rings. The molecule has 0 radical (unpaired) electrons. The van der Waals surface area contributed by atoms with Crippen LogP contribution in [0.25, 0.3) is 0 Å². The molecule has 2 aliphatic rings. The molecule has 8 nitrogen and oxygen atoms in total. The summed E-state index contributed by atoms with van der Waals surface area (Å²) in [5, 5.41) is 0. The van der Waals surface area contributed by atoms with Crippen LogP contribution >= 0.6 is 0 Å². The molecule has 2 fully saturated rings. The summed E-state index contributed by atoms with van der Waals surface area (Å²) in [6, 6.07) is 6.42. The largest absolute Gasteiger partial charge is 0.494 e. The van der Waals surface area contributed by atoms with Gasteiger partial charge in [-0.05, 0) is 84.5 Å². The predicted octanol–water partition coefficient (Wildman–Crippen LogP) is 3.54. The maximum Gasteiger partial charge on any atom is 0.494 e. The Morgan fingerprint density at radius 2 is 1.60 bits per heavy atom. The van der Waals surface area contributed by atoms with Crippen molar-refractivity contribution < 1.29 is 28.4 Å². The summed E-state index contributed by atoms with van der Waals surface area (Å²) in [7, 11) is -0.463. The maximum atomic E-state index is 12.5. The lowest BCUT2D eigenvalue weighted by Crippen LogP contribution is -2.50. The lowest BCUT2D eigenvalue weighted by molar-refractivity contribution is -0.141. The van der Waals surface area contributed by atoms with Gasteiger partial charge in [0.05, 0.1) is 17.8 Å². The summed E-state index contributed by atoms with van der Waals surface area (Å²) in [6.45, 7) is 18.3. The van der Waals surface area contributed by atoms with E-state index in [4.69, 9.17) is 18.8 Å². The van der Waals surface area contributed by atoms with Crippen molar-refractivity contribution in [3.8, 4) is 0 Å². The minimum atomic E-state index is -0.508. The molecular weight excluding hydrogens is 447 g/mol. The van der Waals surface area contributed by atoms with Crippen molar-refractivity contribution in [1.29, 1.82) is 0 Å². The summed E-state index contributed by atoms with van der Waals surface area (Å²) >= 11 is 0. The molecule has 2 heterocycles. The van der Waals surface area contributed by atoms with Gasteiger partial charge >= 0.3 is 19.2 Å². The topological polar surface area (TPSA) is 77.5 Å². The molecule has 0 atom stereocenters. The molecule has 0 spiro atoms. The molecule has 0 N–H and O–H groups in total. The molecule has 3 rings (SSSR count). The van der Waals surface area contributed by atoms with Crippen LogP contribution in [0.4, 0.5) is 10.5 Å². The Balaban J connectivity index is 1.76. The van der Waals surface area contributed by atoms with Gasteiger partial charge in [0.25, 0.3) is 0 Å². The van der Waals surface area contributed by atoms with Crippen molar-refractivity contribution in [2.45, 2.75) is 85.0 Å². The molecule has 2 aliphatic heterocycles. The van der Waals surface area contributed by atoms with E-state index in [1.165, 1.54) is 6.92 Å². The van der Waals surface area contributed by atoms with E-state index in [0.717, 1.165) is 29.6 Å². The van der Waals surface area contributed by atoms with Crippen LogP contribution in [-0.2, 0) is 30.0 Å². The van der Waals surface area contributed by atoms with Gasteiger partial charge in [-0.2, -0.15) is 0 Å². The van der Waals surface area contributed by atoms with Gasteiger partial charge in [0, 0.05) is 38.8 Å². The highest BCUT2D eigenvalue weighted by molar-refractivity contribution is 6.62. The fourth-order valence-corrected chi connectivity index (χ4v) is 4.11. The fourth-order valence-electron chi connectivity index (χ4n) is 4.11. The molecule has 0 unspecified atom stereocenters. The smallest absolute Gasteiger partial charge is 0.466 e. The summed E-state index contributed by atoms with van der Waals surface area (Å²) < 4.78 is 23.3. The number of hydrogen-bond donors (Lipinski definition) is 0. The quantitative estimate of drug-likeness (QED) is 0.344. The van der Waals surface area contributed by atoms with E-state index >= 15 is 0 Å². The first-order valence-electron chi connectivity index (χ1n) is 12.5. The number of esters is 1. The second kappa shape index (κ2) is 10.4. The van der Waals surface area contributed by atoms with Crippen LogP contribution in [0.1, 0.15) is 67.4 Å². The molecule has 0 saturated carbocycles. The molecule has 0 aliphatic carbocycles. The zero-order valence-electron chi connectivity index (χ0n) is 22.6. The first-order chi connectivity index (χ1) is 16.2. The molecule has 35 heavy (non-hydrogen) atoms. The second-order valence-electron chi connectivity index (χ2n) is 11.4. The van der Waals surface area contributed by atoms with Gasteiger partial charge in [0.15, 0.2) is 0 Å². The van der Waals surface area contributed by atoms with E-state index in [2.05, 4.69) is 23.1 Å². The van der Waals surface area contributed by atoms with Crippen molar-refractivity contribution in [1.82, 2.24) is 4.90 Å². The number of piperazine rings is 1. The lowest BCUT2D eigenvalue weighted by atomic mass is 9.77. The van der Waals surface area contributed by atoms with Crippen LogP contribution in [0, 0.1) is 0 Å². The number of benzene rings is 1. The van der Waals surface area contributed by atoms with Gasteiger partial charge in [-0.25, -0.2) is 4.79 Å². The van der Waals surface area contributed by atoms with E-state index < -0.39 is 23.9 Å². The van der Waals surface area contributed by atoms with Crippen molar-refractivity contribution >= 4 is 30.3 Å². The molecular formula is C26H41BN2O6. The molecule has 0 bridgehead atoms. The average Bonchev–Trinajstić information content (AvgIpc) is 2.97. The van der Waals surface area contributed by atoms with Gasteiger partial charge in [-0.15, -0.1) is 0 Å². The zero-order valence-corrected chi connectivity index (χ0v) is 22.6. The van der Waals surface area contributed by atoms with Crippen molar-refractivity contribution in [2.75, 3.05) is 37.7 Å². The Bertz CT molecular complexity index is 903. The van der Waals surface area contributed by atoms with E-state index in [9.17, 15) is 9.59 Å². The normalized spacial score (nSPS) is 19.6. The third-order valence-corrected chi connectivity index (χ3v) is 6.74. The SMILES string of the molecule is CC(=O)OCCCc1cc(B2OC(C)(C)C(C)(C)O2)cc(N2CCN(C(=O)OC(C)(C)C)CC2)c1. The van der Waals surface area contributed by atoms with Gasteiger partial charge < -0.3 is 28.6 Å². The summed E-state index contributed by atoms with van der Waals surface area (Å²) in [4.78, 5) is 27.6. The van der Waals surface area contributed by atoms with E-state index in [0.29, 0.717) is 32.8 Å². The first kappa shape index (κ1) is 27.3. The Morgan fingerprint density at radius 3 is 2.14 bits per heavy atom. The van der Waals surface area contributed by atoms with Crippen LogP contribution in [0.3, 0.4) is 0 Å². The number of carbonyl (C=O) groups excluding carboxylic acids is 2. The zero-order chi connectivity index (χ0) is 26.0. The van der Waals surface area contributed by atoms with E-state index in [-0.39, 0.29) is 12.1 Å². The van der Waals surface area contributed by atoms with Crippen LogP contribution in [-0.4, -0.2) is 73.7 Å². The second-order valence-corrected chi connectivity index (χ2v) is 11.4. The highest BCUT2D eigenvalue weighted by Crippen LogP contribution is 2.37. The predicted molar refractivity (Wildman–Crippen MR) is 137 cm³/mol. The molecule has 194 valence electrons. The fraction of sp³-hybridized carbons (Fsp3) is 0.692. The number of aryl methyl sites for hydroxylation is 1. The molecule has 0 aromatic heterocycles. The standard InChI is InChI=1S/C26H41BN2O6/c1-19(30)32-15-9-10-20-16-21(27-34-25(5,6)26(7,8)35-27)18-22(17-20)28-11-13-29(14-12-28)23(31)33-24(2,3)4/h16-18H,9-15H2,1-8H3. The number of amides is 1. The molecule has 9 heteroatoms. The highest BCUT2D eigenvalue weighted by Gasteiger charge is 2.51. The van der Waals surface area contributed by atoms with Gasteiger partial charge in [-0.1, -0.05) is 6.07 Å². The van der Waals surface area contributed by atoms with Crippen LogP contribution in [0.2, 0.25) is 0 Å². The lowest BCUT2D eigenvalue weighted by Gasteiger charge is -2.37. The Kier molecular flexibility index (Phi) is 8.11. The monoisotopic (exact) mass is 488 g/mol. The Labute approximate surface area is 210 Å². The number of nitrogens with zero attached hydrogens (tertiary/aromatic N) is 2. The van der Waals surface area contributed by atoms with E-state index in [1.54, 1.807) is 4.90 Å². The number of ether oxygens (including phenoxy) is 2. The van der Waals surface area contributed by atoms with Crippen LogP contribution in [0.15, 0.2) is 18.2 Å². The number of rotatable bonds is 6. The minimum Gasteiger partial charge on any atom is -0.466 e. The Morgan fingerprint density at radius 1 is 1.00 bits per heavy atom. The Hall–Kier alpha value is -2.26. The number of hydrogen-bond acceptors (Lipinski definition) is 7. The number of carbonyl (C=O) groups is 2. The van der Waals surface area contributed by atoms with Gasteiger partial charge in [-0.3, -0.25) is 4.79 Å². The summed E-state index contributed by atoms with van der Waals surface area (Å²) in [6.07, 6.45) is 1.23. The third-order valence-electron chi connectivity index (χ3n) is 6.74. The summed E-state index contributed by atoms with van der Waals surface area (Å²) in [5.74, 6) is -0.264. The highest BCUT2D eigenvalue weighted by atomic mass is 16.7. The van der Waals surface area contributed by atoms with Crippen molar-refractivity contribution in [2.24, 2.45) is 0 Å². The van der Waals surface area contributed by atoms with Gasteiger partial charge in [0.1, 0.15) is 5.60 Å². The van der Waals surface area contributed by atoms with Crippen molar-refractivity contribution in [3.63, 3.8) is 0 Å². The molecule has 1 aromatic carbocycles. The van der Waals surface area contributed by atoms with E-state index in [1.807, 2.05) is 48.5 Å². The van der Waals surface area contributed by atoms with Gasteiger partial charge in [0.2, 0.25) is 0 Å².